The third kappa shape index (κ3) is 5.35. The average molecular weight is 493 g/mol. The molecule has 2 aliphatic heterocycles. The minimum absolute atomic E-state index is 0.242. The molecule has 6 nitrogen and oxygen atoms in total. The molecule has 36 heavy (non-hydrogen) atoms. The average Bonchev–Trinajstić information content (AvgIpc) is 3.44. The zero-order chi connectivity index (χ0) is 24.5. The molecule has 0 radical (unpaired) electrons. The highest BCUT2D eigenvalue weighted by Gasteiger charge is 2.36. The predicted octanol–water partition coefficient (Wildman–Crippen LogP) is 5.37. The first-order chi connectivity index (χ1) is 17.6. The SMILES string of the molecule is O=C(O)CCN1CC[C@@H](Cc2nc3ccccc3n2C2CCN(C3C[C@H]4CCCC[C@@H](C3)C4)CC2)C1. The molecule has 1 unspecified atom stereocenters. The van der Waals surface area contributed by atoms with Crippen LogP contribution in [0.4, 0.5) is 0 Å². The number of para-hydroxylation sites is 2. The zero-order valence-corrected chi connectivity index (χ0v) is 21.9. The van der Waals surface area contributed by atoms with E-state index in [1.54, 1.807) is 0 Å². The van der Waals surface area contributed by atoms with Gasteiger partial charge in [-0.3, -0.25) is 4.79 Å². The Kier molecular flexibility index (Phi) is 7.34. The van der Waals surface area contributed by atoms with Gasteiger partial charge in [-0.15, -0.1) is 0 Å². The van der Waals surface area contributed by atoms with Gasteiger partial charge < -0.3 is 19.5 Å². The maximum atomic E-state index is 11.0. The van der Waals surface area contributed by atoms with Crippen LogP contribution in [0.2, 0.25) is 0 Å². The summed E-state index contributed by atoms with van der Waals surface area (Å²) in [5, 5.41) is 9.05. The Balaban J connectivity index is 1.13. The first kappa shape index (κ1) is 24.4. The van der Waals surface area contributed by atoms with E-state index in [-0.39, 0.29) is 6.42 Å². The van der Waals surface area contributed by atoms with Crippen molar-refractivity contribution in [1.82, 2.24) is 19.4 Å². The summed E-state index contributed by atoms with van der Waals surface area (Å²) in [6.45, 7) is 5.14. The number of fused-ring (bicyclic) bond motifs is 3. The van der Waals surface area contributed by atoms with Gasteiger partial charge in [-0.1, -0.05) is 37.8 Å². The van der Waals surface area contributed by atoms with Gasteiger partial charge in [0.2, 0.25) is 0 Å². The van der Waals surface area contributed by atoms with Crippen LogP contribution in [0.15, 0.2) is 24.3 Å². The zero-order valence-electron chi connectivity index (χ0n) is 21.9. The largest absolute Gasteiger partial charge is 0.481 e. The Bertz CT molecular complexity index is 1030. The Morgan fingerprint density at radius 3 is 2.42 bits per heavy atom. The summed E-state index contributed by atoms with van der Waals surface area (Å²) in [7, 11) is 0. The molecule has 2 aromatic rings. The molecule has 2 aliphatic carbocycles. The number of likely N-dealkylation sites (tertiary alicyclic amines) is 2. The highest BCUT2D eigenvalue weighted by atomic mass is 16.4. The maximum absolute atomic E-state index is 11.0. The van der Waals surface area contributed by atoms with Crippen LogP contribution in [0.3, 0.4) is 0 Å². The lowest BCUT2D eigenvalue weighted by molar-refractivity contribution is -0.137. The van der Waals surface area contributed by atoms with E-state index < -0.39 is 5.97 Å². The van der Waals surface area contributed by atoms with E-state index in [4.69, 9.17) is 10.1 Å². The Morgan fingerprint density at radius 2 is 1.67 bits per heavy atom. The monoisotopic (exact) mass is 492 g/mol. The number of benzene rings is 1. The number of carboxylic acid groups (broad SMARTS) is 1. The number of hydrogen-bond donors (Lipinski definition) is 1. The highest BCUT2D eigenvalue weighted by molar-refractivity contribution is 5.76. The van der Waals surface area contributed by atoms with Gasteiger partial charge in [0.25, 0.3) is 0 Å². The fourth-order valence-corrected chi connectivity index (χ4v) is 8.11. The first-order valence-corrected chi connectivity index (χ1v) is 14.8. The first-order valence-electron chi connectivity index (χ1n) is 14.8. The number of aliphatic carboxylic acids is 1. The molecule has 0 amide bonds. The predicted molar refractivity (Wildman–Crippen MR) is 143 cm³/mol. The Labute approximate surface area is 216 Å². The summed E-state index contributed by atoms with van der Waals surface area (Å²) in [5.74, 6) is 3.10. The van der Waals surface area contributed by atoms with E-state index in [0.29, 0.717) is 18.5 Å². The van der Waals surface area contributed by atoms with Gasteiger partial charge in [-0.05, 0) is 75.0 Å². The molecule has 3 heterocycles. The molecule has 2 saturated carbocycles. The minimum atomic E-state index is -0.696. The molecule has 1 aromatic heterocycles. The number of carboxylic acids is 1. The van der Waals surface area contributed by atoms with Crippen molar-refractivity contribution in [2.45, 2.75) is 89.1 Å². The van der Waals surface area contributed by atoms with Crippen LogP contribution in [0.25, 0.3) is 11.0 Å². The lowest BCUT2D eigenvalue weighted by atomic mass is 9.77. The Morgan fingerprint density at radius 1 is 0.917 bits per heavy atom. The summed E-state index contributed by atoms with van der Waals surface area (Å²) in [5.41, 5.74) is 2.43. The van der Waals surface area contributed by atoms with Crippen LogP contribution >= 0.6 is 0 Å². The van der Waals surface area contributed by atoms with Crippen molar-refractivity contribution in [3.05, 3.63) is 30.1 Å². The second-order valence-corrected chi connectivity index (χ2v) is 12.3. The van der Waals surface area contributed by atoms with Gasteiger partial charge in [-0.25, -0.2) is 4.98 Å². The number of imidazole rings is 1. The molecule has 4 fully saturated rings. The second-order valence-electron chi connectivity index (χ2n) is 12.3. The summed E-state index contributed by atoms with van der Waals surface area (Å²) in [4.78, 5) is 21.3. The molecule has 196 valence electrons. The van der Waals surface area contributed by atoms with Crippen molar-refractivity contribution >= 4 is 17.0 Å². The molecule has 2 bridgehead atoms. The topological polar surface area (TPSA) is 61.6 Å². The highest BCUT2D eigenvalue weighted by Crippen LogP contribution is 2.41. The lowest BCUT2D eigenvalue weighted by Gasteiger charge is -2.43. The van der Waals surface area contributed by atoms with Crippen molar-refractivity contribution in [2.75, 3.05) is 32.7 Å². The van der Waals surface area contributed by atoms with Crippen molar-refractivity contribution in [3.63, 3.8) is 0 Å². The Hall–Kier alpha value is -1.92. The van der Waals surface area contributed by atoms with E-state index in [0.717, 1.165) is 49.3 Å². The molecule has 6 heteroatoms. The summed E-state index contributed by atoms with van der Waals surface area (Å²) in [6, 6.07) is 10.1. The summed E-state index contributed by atoms with van der Waals surface area (Å²) in [6.07, 6.45) is 15.1. The molecular weight excluding hydrogens is 448 g/mol. The van der Waals surface area contributed by atoms with Crippen LogP contribution in [0, 0.1) is 17.8 Å². The van der Waals surface area contributed by atoms with Crippen LogP contribution in [-0.4, -0.2) is 69.2 Å². The summed E-state index contributed by atoms with van der Waals surface area (Å²) < 4.78 is 2.60. The molecule has 2 saturated heterocycles. The third-order valence-corrected chi connectivity index (χ3v) is 9.88. The van der Waals surface area contributed by atoms with Gasteiger partial charge in [-0.2, -0.15) is 0 Å². The van der Waals surface area contributed by atoms with Crippen molar-refractivity contribution < 1.29 is 9.90 Å². The van der Waals surface area contributed by atoms with Gasteiger partial charge in [0, 0.05) is 44.7 Å². The number of rotatable bonds is 7. The standard InChI is InChI=1S/C30H44N4O2/c35-30(36)12-14-32-13-9-24(21-32)20-29-31-27-7-3-4-8-28(27)34(29)25-10-15-33(16-11-25)26-18-22-5-1-2-6-23(17-22)19-26/h3-4,7-8,22-26H,1-2,5-6,9-21H2,(H,35,36)/t22-,23+,24-,26?/m0/s1. The number of nitrogens with zero attached hydrogens (tertiary/aromatic N) is 4. The van der Waals surface area contributed by atoms with Crippen LogP contribution in [-0.2, 0) is 11.2 Å². The molecule has 1 aromatic carbocycles. The van der Waals surface area contributed by atoms with E-state index in [1.807, 2.05) is 0 Å². The molecule has 0 spiro atoms. The maximum Gasteiger partial charge on any atom is 0.304 e. The van der Waals surface area contributed by atoms with E-state index in [9.17, 15) is 4.79 Å². The molecule has 4 atom stereocenters. The van der Waals surface area contributed by atoms with Gasteiger partial charge in [0.1, 0.15) is 5.82 Å². The normalized spacial score (nSPS) is 30.6. The number of piperidine rings is 1. The van der Waals surface area contributed by atoms with Crippen molar-refractivity contribution in [3.8, 4) is 0 Å². The van der Waals surface area contributed by atoms with Crippen molar-refractivity contribution in [2.24, 2.45) is 17.8 Å². The van der Waals surface area contributed by atoms with Gasteiger partial charge in [0.05, 0.1) is 17.5 Å². The van der Waals surface area contributed by atoms with Gasteiger partial charge in [0.15, 0.2) is 0 Å². The summed E-state index contributed by atoms with van der Waals surface area (Å²) >= 11 is 0. The fourth-order valence-electron chi connectivity index (χ4n) is 8.11. The molecule has 6 rings (SSSR count). The molecule has 4 aliphatic rings. The number of aromatic nitrogens is 2. The fraction of sp³-hybridized carbons (Fsp3) is 0.733. The molecule has 1 N–H and O–H groups in total. The third-order valence-electron chi connectivity index (χ3n) is 9.88. The quantitative estimate of drug-likeness (QED) is 0.563. The minimum Gasteiger partial charge on any atom is -0.481 e. The van der Waals surface area contributed by atoms with Gasteiger partial charge >= 0.3 is 5.97 Å². The van der Waals surface area contributed by atoms with E-state index in [2.05, 4.69) is 38.6 Å². The van der Waals surface area contributed by atoms with E-state index >= 15 is 0 Å². The van der Waals surface area contributed by atoms with Crippen molar-refractivity contribution in [1.29, 1.82) is 0 Å². The lowest BCUT2D eigenvalue weighted by Crippen LogP contribution is -2.45. The molecular formula is C30H44N4O2. The van der Waals surface area contributed by atoms with E-state index in [1.165, 1.54) is 82.2 Å². The van der Waals surface area contributed by atoms with Crippen LogP contribution in [0.1, 0.15) is 82.5 Å². The van der Waals surface area contributed by atoms with Crippen LogP contribution < -0.4 is 0 Å². The second kappa shape index (κ2) is 10.8. The smallest absolute Gasteiger partial charge is 0.304 e. The number of hydrogen-bond acceptors (Lipinski definition) is 4. The number of carbonyl (C=O) groups is 1. The van der Waals surface area contributed by atoms with Crippen LogP contribution in [0.5, 0.6) is 0 Å².